The van der Waals surface area contributed by atoms with E-state index in [1.54, 1.807) is 13.8 Å². The minimum absolute atomic E-state index is 0.0520. The highest BCUT2D eigenvalue weighted by atomic mass is 35.5. The number of carbonyl (C=O) groups is 1. The second-order valence-electron chi connectivity index (χ2n) is 6.05. The second kappa shape index (κ2) is 5.31. The highest BCUT2D eigenvalue weighted by Crippen LogP contribution is 2.39. The third-order valence-electron chi connectivity index (χ3n) is 4.19. The summed E-state index contributed by atoms with van der Waals surface area (Å²) in [6, 6.07) is 1.18. The number of likely N-dealkylation sites (tertiary alicyclic amines) is 1. The third kappa shape index (κ3) is 3.03. The van der Waals surface area contributed by atoms with Gasteiger partial charge in [0.2, 0.25) is 0 Å². The van der Waals surface area contributed by atoms with Crippen molar-refractivity contribution >= 4 is 17.7 Å². The smallest absolute Gasteiger partial charge is 0.407 e. The lowest BCUT2D eigenvalue weighted by atomic mass is 9.70. The van der Waals surface area contributed by atoms with Crippen LogP contribution in [-0.4, -0.2) is 49.4 Å². The minimum atomic E-state index is -1.20. The van der Waals surface area contributed by atoms with E-state index in [2.05, 4.69) is 4.98 Å². The molecule has 1 unspecified atom stereocenters. The van der Waals surface area contributed by atoms with Crippen molar-refractivity contribution in [1.29, 1.82) is 0 Å². The molecule has 2 rings (SSSR count). The lowest BCUT2D eigenvalue weighted by Crippen LogP contribution is -2.60. The lowest BCUT2D eigenvalue weighted by Gasteiger charge is -2.49. The molecule has 0 spiro atoms. The minimum Gasteiger partial charge on any atom is -0.465 e. The Kier molecular flexibility index (Phi) is 3.99. The van der Waals surface area contributed by atoms with Gasteiger partial charge in [-0.25, -0.2) is 9.78 Å². The van der Waals surface area contributed by atoms with E-state index in [0.29, 0.717) is 0 Å². The summed E-state index contributed by atoms with van der Waals surface area (Å²) in [6.45, 7) is 4.06. The Balaban J connectivity index is 2.26. The average Bonchev–Trinajstić information content (AvgIpc) is 2.36. The van der Waals surface area contributed by atoms with Crippen LogP contribution in [0.25, 0.3) is 0 Å². The van der Waals surface area contributed by atoms with E-state index >= 15 is 0 Å². The van der Waals surface area contributed by atoms with Gasteiger partial charge in [-0.2, -0.15) is 0 Å². The number of halogens is 1. The van der Waals surface area contributed by atoms with Crippen LogP contribution < -0.4 is 5.56 Å². The van der Waals surface area contributed by atoms with E-state index in [1.807, 2.05) is 0 Å². The van der Waals surface area contributed by atoms with Crippen molar-refractivity contribution in [2.45, 2.75) is 32.4 Å². The van der Waals surface area contributed by atoms with Crippen LogP contribution >= 0.6 is 11.6 Å². The topological polar surface area (TPSA) is 95.7 Å². The van der Waals surface area contributed by atoms with E-state index in [-0.39, 0.29) is 36.8 Å². The molecule has 1 fully saturated rings. The maximum atomic E-state index is 11.9. The molecule has 2 N–H and O–H groups in total. The summed E-state index contributed by atoms with van der Waals surface area (Å²) in [4.78, 5) is 28.0. The maximum Gasteiger partial charge on any atom is 0.407 e. The first-order valence-corrected chi connectivity index (χ1v) is 6.95. The predicted molar refractivity (Wildman–Crippen MR) is 76.5 cm³/mol. The zero-order valence-corrected chi connectivity index (χ0v) is 12.7. The Labute approximate surface area is 126 Å². The molecule has 116 valence electrons. The van der Waals surface area contributed by atoms with Crippen molar-refractivity contribution < 1.29 is 15.0 Å². The Morgan fingerprint density at radius 1 is 1.52 bits per heavy atom. The molecule has 21 heavy (non-hydrogen) atoms. The molecule has 2 heterocycles. The van der Waals surface area contributed by atoms with Gasteiger partial charge in [0.1, 0.15) is 5.15 Å². The summed E-state index contributed by atoms with van der Waals surface area (Å²) in [5.74, 6) is 0. The summed E-state index contributed by atoms with van der Waals surface area (Å²) in [6.07, 6.45) is 0.541. The summed E-state index contributed by atoms with van der Waals surface area (Å²) in [7, 11) is 0. The fraction of sp³-hybridized carbons (Fsp3) is 0.615. The summed E-state index contributed by atoms with van der Waals surface area (Å²) in [5, 5.41) is 20.1. The van der Waals surface area contributed by atoms with Crippen LogP contribution in [0.4, 0.5) is 4.79 Å². The molecule has 1 saturated heterocycles. The molecule has 0 saturated carbocycles. The summed E-state index contributed by atoms with van der Waals surface area (Å²) >= 11 is 5.65. The van der Waals surface area contributed by atoms with Gasteiger partial charge < -0.3 is 15.1 Å². The largest absolute Gasteiger partial charge is 0.465 e. The van der Waals surface area contributed by atoms with Crippen LogP contribution in [0.2, 0.25) is 5.15 Å². The van der Waals surface area contributed by atoms with Crippen molar-refractivity contribution in [3.63, 3.8) is 0 Å². The fourth-order valence-corrected chi connectivity index (χ4v) is 2.76. The van der Waals surface area contributed by atoms with Crippen molar-refractivity contribution in [3.05, 3.63) is 27.9 Å². The van der Waals surface area contributed by atoms with Crippen LogP contribution in [0, 0.1) is 5.41 Å². The summed E-state index contributed by atoms with van der Waals surface area (Å²) < 4.78 is 1.30. The molecule has 1 aromatic heterocycles. The molecule has 0 radical (unpaired) electrons. The highest BCUT2D eigenvalue weighted by molar-refractivity contribution is 6.29. The predicted octanol–water partition coefficient (Wildman–Crippen LogP) is 1.04. The monoisotopic (exact) mass is 315 g/mol. The molecule has 0 bridgehead atoms. The number of carboxylic acid groups (broad SMARTS) is 1. The number of amides is 1. The molecular formula is C13H18ClN3O4. The first kappa shape index (κ1) is 15.8. The Hall–Kier alpha value is -1.60. The van der Waals surface area contributed by atoms with Gasteiger partial charge in [0.15, 0.2) is 0 Å². The van der Waals surface area contributed by atoms with Crippen molar-refractivity contribution in [2.75, 3.05) is 13.1 Å². The van der Waals surface area contributed by atoms with Crippen LogP contribution in [0.1, 0.15) is 20.3 Å². The molecule has 1 amide bonds. The molecular weight excluding hydrogens is 298 g/mol. The van der Waals surface area contributed by atoms with Gasteiger partial charge in [-0.3, -0.25) is 9.36 Å². The molecule has 8 heteroatoms. The number of aromatic nitrogens is 2. The van der Waals surface area contributed by atoms with Crippen LogP contribution in [0.3, 0.4) is 0 Å². The van der Waals surface area contributed by atoms with Gasteiger partial charge >= 0.3 is 6.09 Å². The van der Waals surface area contributed by atoms with E-state index in [9.17, 15) is 14.7 Å². The van der Waals surface area contributed by atoms with E-state index in [0.717, 1.165) is 0 Å². The van der Waals surface area contributed by atoms with E-state index in [1.165, 1.54) is 21.9 Å². The lowest BCUT2D eigenvalue weighted by molar-refractivity contribution is -0.123. The third-order valence-corrected chi connectivity index (χ3v) is 4.40. The quantitative estimate of drug-likeness (QED) is 0.795. The zero-order valence-electron chi connectivity index (χ0n) is 11.9. The second-order valence-corrected chi connectivity index (χ2v) is 6.43. The average molecular weight is 316 g/mol. The molecule has 7 nitrogen and oxygen atoms in total. The van der Waals surface area contributed by atoms with Gasteiger partial charge in [-0.1, -0.05) is 25.4 Å². The number of aliphatic hydroxyl groups is 1. The van der Waals surface area contributed by atoms with Crippen molar-refractivity contribution in [1.82, 2.24) is 14.5 Å². The molecule has 1 aliphatic heterocycles. The summed E-state index contributed by atoms with van der Waals surface area (Å²) in [5.41, 5.74) is -2.24. The number of hydrogen-bond donors (Lipinski definition) is 2. The van der Waals surface area contributed by atoms with Crippen LogP contribution in [0.5, 0.6) is 0 Å². The molecule has 1 aromatic rings. The number of rotatable bonds is 2. The van der Waals surface area contributed by atoms with E-state index < -0.39 is 17.1 Å². The van der Waals surface area contributed by atoms with Gasteiger partial charge in [-0.15, -0.1) is 0 Å². The SMILES string of the molecule is CC1(C)CN(C(=O)O)CCC1(O)Cn1cnc(Cl)cc1=O. The molecule has 1 atom stereocenters. The van der Waals surface area contributed by atoms with E-state index in [4.69, 9.17) is 16.7 Å². The first-order chi connectivity index (χ1) is 9.64. The Morgan fingerprint density at radius 2 is 2.19 bits per heavy atom. The maximum absolute atomic E-state index is 11.9. The van der Waals surface area contributed by atoms with Crippen molar-refractivity contribution in [2.24, 2.45) is 5.41 Å². The van der Waals surface area contributed by atoms with Gasteiger partial charge in [0.05, 0.1) is 18.5 Å². The van der Waals surface area contributed by atoms with Crippen molar-refractivity contribution in [3.8, 4) is 0 Å². The Bertz CT molecular complexity index is 616. The Morgan fingerprint density at radius 3 is 2.71 bits per heavy atom. The van der Waals surface area contributed by atoms with Crippen LogP contribution in [-0.2, 0) is 6.54 Å². The van der Waals surface area contributed by atoms with Gasteiger partial charge in [-0.05, 0) is 6.42 Å². The number of nitrogens with zero attached hydrogens (tertiary/aromatic N) is 3. The standard InChI is InChI=1S/C13H18ClN3O4/c1-12(2)6-16(11(19)20)4-3-13(12,21)7-17-8-15-9(14)5-10(17)18/h5,8,21H,3-4,6-7H2,1-2H3,(H,19,20). The van der Waals surface area contributed by atoms with Gasteiger partial charge in [0.25, 0.3) is 5.56 Å². The first-order valence-electron chi connectivity index (χ1n) is 6.57. The normalized spacial score (nSPS) is 24.9. The molecule has 0 aromatic carbocycles. The zero-order chi connectivity index (χ0) is 15.8. The fourth-order valence-electron chi connectivity index (χ4n) is 2.62. The number of piperidine rings is 1. The van der Waals surface area contributed by atoms with Gasteiger partial charge in [0, 0.05) is 24.6 Å². The molecule has 1 aliphatic rings. The molecule has 0 aliphatic carbocycles. The van der Waals surface area contributed by atoms with Crippen LogP contribution in [0.15, 0.2) is 17.2 Å². The highest BCUT2D eigenvalue weighted by Gasteiger charge is 2.49. The number of hydrogen-bond acceptors (Lipinski definition) is 4.